The fourth-order valence-corrected chi connectivity index (χ4v) is 3.23. The van der Waals surface area contributed by atoms with Crippen LogP contribution < -0.4 is 0 Å². The Kier molecular flexibility index (Phi) is 4.49. The first-order valence-corrected chi connectivity index (χ1v) is 9.31. The van der Waals surface area contributed by atoms with Gasteiger partial charge in [-0.05, 0) is 31.8 Å². The fourth-order valence-electron chi connectivity index (χ4n) is 1.61. The van der Waals surface area contributed by atoms with E-state index < -0.39 is 25.6 Å². The highest BCUT2D eigenvalue weighted by Crippen LogP contribution is 2.32. The van der Waals surface area contributed by atoms with E-state index in [-0.39, 0.29) is 11.4 Å². The SMILES string of the molecule is C[Si](C)(C)O[C@@](C#N)(CCl)c1ccc(F)cc1F. The van der Waals surface area contributed by atoms with Crippen LogP contribution in [0.3, 0.4) is 0 Å². The lowest BCUT2D eigenvalue weighted by molar-refractivity contribution is 0.140. The first kappa shape index (κ1) is 15.1. The molecule has 1 aromatic rings. The van der Waals surface area contributed by atoms with Crippen LogP contribution >= 0.6 is 11.6 Å². The molecule has 0 unspecified atom stereocenters. The second-order valence-corrected chi connectivity index (χ2v) is 9.61. The van der Waals surface area contributed by atoms with Gasteiger partial charge in [0.05, 0.1) is 5.88 Å². The van der Waals surface area contributed by atoms with Gasteiger partial charge in [-0.15, -0.1) is 11.6 Å². The second-order valence-electron chi connectivity index (χ2n) is 4.91. The molecule has 0 aliphatic carbocycles. The van der Waals surface area contributed by atoms with Crippen LogP contribution in [-0.2, 0) is 10.0 Å². The van der Waals surface area contributed by atoms with Gasteiger partial charge in [-0.2, -0.15) is 5.26 Å². The van der Waals surface area contributed by atoms with E-state index in [4.69, 9.17) is 16.0 Å². The number of rotatable bonds is 4. The van der Waals surface area contributed by atoms with Crippen molar-refractivity contribution in [3.05, 3.63) is 35.4 Å². The number of nitriles is 1. The largest absolute Gasteiger partial charge is 0.396 e. The lowest BCUT2D eigenvalue weighted by Crippen LogP contribution is -2.41. The van der Waals surface area contributed by atoms with Crippen molar-refractivity contribution in [3.63, 3.8) is 0 Å². The minimum Gasteiger partial charge on any atom is -0.396 e. The van der Waals surface area contributed by atoms with Gasteiger partial charge in [0.25, 0.3) is 0 Å². The van der Waals surface area contributed by atoms with Gasteiger partial charge in [-0.25, -0.2) is 8.78 Å². The highest BCUT2D eigenvalue weighted by Gasteiger charge is 2.39. The van der Waals surface area contributed by atoms with Crippen molar-refractivity contribution >= 4 is 19.9 Å². The molecule has 1 aromatic carbocycles. The van der Waals surface area contributed by atoms with Crippen LogP contribution in [0, 0.1) is 23.0 Å². The van der Waals surface area contributed by atoms with Gasteiger partial charge < -0.3 is 4.43 Å². The van der Waals surface area contributed by atoms with E-state index in [9.17, 15) is 14.0 Å². The topological polar surface area (TPSA) is 33.0 Å². The zero-order chi connectivity index (χ0) is 14.0. The maximum Gasteiger partial charge on any atom is 0.186 e. The number of hydrogen-bond donors (Lipinski definition) is 0. The Morgan fingerprint density at radius 3 is 2.39 bits per heavy atom. The molecule has 0 aliphatic rings. The molecule has 0 heterocycles. The summed E-state index contributed by atoms with van der Waals surface area (Å²) in [5.74, 6) is -1.74. The van der Waals surface area contributed by atoms with Crippen LogP contribution in [0.25, 0.3) is 0 Å². The van der Waals surface area contributed by atoms with E-state index in [1.165, 1.54) is 6.07 Å². The summed E-state index contributed by atoms with van der Waals surface area (Å²) in [5.41, 5.74) is -1.59. The quantitative estimate of drug-likeness (QED) is 0.624. The number of benzene rings is 1. The van der Waals surface area contributed by atoms with Crippen molar-refractivity contribution in [3.8, 4) is 6.07 Å². The van der Waals surface area contributed by atoms with Crippen LogP contribution in [0.15, 0.2) is 18.2 Å². The summed E-state index contributed by atoms with van der Waals surface area (Å²) in [6.45, 7) is 5.60. The number of halogens is 3. The first-order valence-electron chi connectivity index (χ1n) is 5.37. The average Bonchev–Trinajstić information content (AvgIpc) is 2.25. The normalized spacial score (nSPS) is 14.9. The summed E-state index contributed by atoms with van der Waals surface area (Å²) in [6.07, 6.45) is 0. The molecule has 1 atom stereocenters. The molecule has 0 spiro atoms. The van der Waals surface area contributed by atoms with Crippen LogP contribution in [0.1, 0.15) is 5.56 Å². The predicted molar refractivity (Wildman–Crippen MR) is 68.8 cm³/mol. The van der Waals surface area contributed by atoms with Crippen molar-refractivity contribution in [2.24, 2.45) is 0 Å². The highest BCUT2D eigenvalue weighted by molar-refractivity contribution is 6.69. The molecular weight excluding hydrogens is 276 g/mol. The molecule has 18 heavy (non-hydrogen) atoms. The molecule has 6 heteroatoms. The number of alkyl halides is 1. The Balaban J connectivity index is 3.32. The number of hydrogen-bond acceptors (Lipinski definition) is 2. The molecule has 0 aromatic heterocycles. The maximum atomic E-state index is 13.8. The van der Waals surface area contributed by atoms with Gasteiger partial charge in [-0.3, -0.25) is 0 Å². The Bertz CT molecular complexity index is 484. The average molecular weight is 290 g/mol. The minimum atomic E-state index is -2.12. The lowest BCUT2D eigenvalue weighted by atomic mass is 9.97. The van der Waals surface area contributed by atoms with Crippen LogP contribution in [-0.4, -0.2) is 14.2 Å². The molecule has 0 radical (unpaired) electrons. The third-order valence-corrected chi connectivity index (χ3v) is 3.55. The Morgan fingerprint density at radius 2 is 2.00 bits per heavy atom. The fraction of sp³-hybridized carbons (Fsp3) is 0.417. The summed E-state index contributed by atoms with van der Waals surface area (Å²) in [4.78, 5) is 0. The monoisotopic (exact) mass is 289 g/mol. The van der Waals surface area contributed by atoms with Crippen molar-refractivity contribution in [1.82, 2.24) is 0 Å². The van der Waals surface area contributed by atoms with Crippen LogP contribution in [0.4, 0.5) is 8.78 Å². The molecule has 2 nitrogen and oxygen atoms in total. The third-order valence-electron chi connectivity index (χ3n) is 2.22. The van der Waals surface area contributed by atoms with Gasteiger partial charge in [0, 0.05) is 11.6 Å². The van der Waals surface area contributed by atoms with Gasteiger partial charge >= 0.3 is 0 Å². The van der Waals surface area contributed by atoms with Gasteiger partial charge in [0.2, 0.25) is 0 Å². The molecule has 0 amide bonds. The molecule has 1 rings (SSSR count). The number of nitrogens with zero attached hydrogens (tertiary/aromatic N) is 1. The van der Waals surface area contributed by atoms with E-state index >= 15 is 0 Å². The van der Waals surface area contributed by atoms with E-state index in [1.54, 1.807) is 0 Å². The molecule has 0 fully saturated rings. The molecule has 0 saturated heterocycles. The van der Waals surface area contributed by atoms with Gasteiger partial charge in [0.1, 0.15) is 17.7 Å². The van der Waals surface area contributed by atoms with Crippen LogP contribution in [0.5, 0.6) is 0 Å². The summed E-state index contributed by atoms with van der Waals surface area (Å²) in [5, 5.41) is 9.29. The van der Waals surface area contributed by atoms with Crippen molar-refractivity contribution < 1.29 is 13.2 Å². The summed E-state index contributed by atoms with van der Waals surface area (Å²) < 4.78 is 32.4. The molecular formula is C12H14ClF2NOSi. The minimum absolute atomic E-state index is 0.0242. The van der Waals surface area contributed by atoms with Crippen molar-refractivity contribution in [2.75, 3.05) is 5.88 Å². The predicted octanol–water partition coefficient (Wildman–Crippen LogP) is 3.77. The summed E-state index contributed by atoms with van der Waals surface area (Å²) in [6, 6.07) is 4.93. The molecule has 0 N–H and O–H groups in total. The highest BCUT2D eigenvalue weighted by atomic mass is 35.5. The molecule has 98 valence electrons. The first-order chi connectivity index (χ1) is 8.24. The summed E-state index contributed by atoms with van der Waals surface area (Å²) >= 11 is 5.79. The third kappa shape index (κ3) is 3.28. The lowest BCUT2D eigenvalue weighted by Gasteiger charge is -2.32. The zero-order valence-corrected chi connectivity index (χ0v) is 12.2. The summed E-state index contributed by atoms with van der Waals surface area (Å²) in [7, 11) is -2.12. The second kappa shape index (κ2) is 5.35. The van der Waals surface area contributed by atoms with E-state index in [1.807, 2.05) is 25.7 Å². The Morgan fingerprint density at radius 1 is 1.39 bits per heavy atom. The Hall–Kier alpha value is -0.963. The Labute approximate surface area is 111 Å². The molecule has 0 aliphatic heterocycles. The van der Waals surface area contributed by atoms with Crippen molar-refractivity contribution in [2.45, 2.75) is 25.2 Å². The van der Waals surface area contributed by atoms with Crippen molar-refractivity contribution in [1.29, 1.82) is 5.26 Å². The smallest absolute Gasteiger partial charge is 0.186 e. The van der Waals surface area contributed by atoms with E-state index in [2.05, 4.69) is 0 Å². The van der Waals surface area contributed by atoms with E-state index in [0.717, 1.165) is 12.1 Å². The zero-order valence-electron chi connectivity index (χ0n) is 10.4. The van der Waals surface area contributed by atoms with E-state index in [0.29, 0.717) is 0 Å². The molecule has 0 bridgehead atoms. The maximum absolute atomic E-state index is 13.8. The van der Waals surface area contributed by atoms with Gasteiger partial charge in [0.15, 0.2) is 13.9 Å². The molecule has 0 saturated carbocycles. The standard InChI is InChI=1S/C12H14ClF2NOSi/c1-18(2,3)17-12(7-13,8-16)10-5-4-9(14)6-11(10)15/h4-6H,7H2,1-3H3/t12-/m1/s1. The van der Waals surface area contributed by atoms with Crippen LogP contribution in [0.2, 0.25) is 19.6 Å². The van der Waals surface area contributed by atoms with Gasteiger partial charge in [-0.1, -0.05) is 0 Å².